The molecule has 0 unspecified atom stereocenters. The van der Waals surface area contributed by atoms with Gasteiger partial charge in [-0.3, -0.25) is 9.59 Å². The molecule has 0 aliphatic carbocycles. The predicted octanol–water partition coefficient (Wildman–Crippen LogP) is 1.06. The van der Waals surface area contributed by atoms with Crippen LogP contribution >= 0.6 is 0 Å². The number of hydrogen-bond acceptors (Lipinski definition) is 6. The quantitative estimate of drug-likeness (QED) is 0.769. The summed E-state index contributed by atoms with van der Waals surface area (Å²) in [6.45, 7) is 1.52. The highest BCUT2D eigenvalue weighted by Gasteiger charge is 2.33. The van der Waals surface area contributed by atoms with E-state index in [1.54, 1.807) is 0 Å². The van der Waals surface area contributed by atoms with E-state index < -0.39 is 27.9 Å². The molecule has 0 spiro atoms. The van der Waals surface area contributed by atoms with Gasteiger partial charge in [0.15, 0.2) is 0 Å². The molecule has 126 valence electrons. The van der Waals surface area contributed by atoms with Crippen molar-refractivity contribution >= 4 is 27.6 Å². The lowest BCUT2D eigenvalue weighted by Gasteiger charge is -2.29. The van der Waals surface area contributed by atoms with Crippen LogP contribution in [-0.4, -0.2) is 42.9 Å². The lowest BCUT2D eigenvalue weighted by Crippen LogP contribution is -2.42. The van der Waals surface area contributed by atoms with Gasteiger partial charge in [0.25, 0.3) is 0 Å². The number of sulfonamides is 1. The highest BCUT2D eigenvalue weighted by molar-refractivity contribution is 7.89. The summed E-state index contributed by atoms with van der Waals surface area (Å²) in [5.74, 6) is -2.18. The molecule has 0 radical (unpaired) electrons. The molecule has 1 aromatic carbocycles. The van der Waals surface area contributed by atoms with Crippen molar-refractivity contribution in [3.8, 4) is 0 Å². The van der Waals surface area contributed by atoms with Gasteiger partial charge in [-0.2, -0.15) is 4.31 Å². The number of carbonyl (C=O) groups is 2. The first-order valence-electron chi connectivity index (χ1n) is 7.07. The molecule has 1 aliphatic rings. The Balaban J connectivity index is 2.12. The average molecular weight is 342 g/mol. The van der Waals surface area contributed by atoms with Gasteiger partial charge < -0.3 is 9.94 Å². The minimum Gasteiger partial charge on any atom is -0.481 e. The fourth-order valence-corrected chi connectivity index (χ4v) is 3.86. The first-order valence-corrected chi connectivity index (χ1v) is 8.51. The van der Waals surface area contributed by atoms with E-state index in [2.05, 4.69) is 10.3 Å². The van der Waals surface area contributed by atoms with Crippen molar-refractivity contribution in [3.05, 3.63) is 24.3 Å². The monoisotopic (exact) mass is 342 g/mol. The van der Waals surface area contributed by atoms with Crippen LogP contribution < -0.4 is 5.48 Å². The van der Waals surface area contributed by atoms with Gasteiger partial charge in [-0.1, -0.05) is 0 Å². The predicted molar refractivity (Wildman–Crippen MR) is 80.9 cm³/mol. The number of nitrogens with zero attached hydrogens (tertiary/aromatic N) is 1. The number of hydrogen-bond donors (Lipinski definition) is 2. The summed E-state index contributed by atoms with van der Waals surface area (Å²) in [4.78, 5) is 26.4. The van der Waals surface area contributed by atoms with E-state index in [9.17, 15) is 18.0 Å². The van der Waals surface area contributed by atoms with Crippen LogP contribution in [0.5, 0.6) is 0 Å². The number of aliphatic carboxylic acids is 1. The third kappa shape index (κ3) is 4.20. The number of carbonyl (C=O) groups excluding carboxylic acids is 1. The number of carboxylic acids is 1. The first kappa shape index (κ1) is 17.2. The minimum absolute atomic E-state index is 0.0227. The smallest absolute Gasteiger partial charge is 0.329 e. The lowest BCUT2D eigenvalue weighted by molar-refractivity contribution is -0.143. The van der Waals surface area contributed by atoms with Crippen molar-refractivity contribution in [2.75, 3.05) is 18.6 Å². The Hall–Kier alpha value is -2.13. The molecule has 0 amide bonds. The number of rotatable bonds is 5. The maximum Gasteiger partial charge on any atom is 0.329 e. The van der Waals surface area contributed by atoms with Crippen LogP contribution in [0.4, 0.5) is 5.69 Å². The van der Waals surface area contributed by atoms with Gasteiger partial charge in [-0.05, 0) is 37.1 Å². The molecule has 1 fully saturated rings. The molecule has 1 saturated heterocycles. The van der Waals surface area contributed by atoms with Crippen molar-refractivity contribution in [1.29, 1.82) is 0 Å². The summed E-state index contributed by atoms with van der Waals surface area (Å²) in [5, 5.41) is 9.06. The zero-order valence-electron chi connectivity index (χ0n) is 12.6. The molecule has 8 nitrogen and oxygen atoms in total. The highest BCUT2D eigenvalue weighted by atomic mass is 32.2. The second-order valence-electron chi connectivity index (χ2n) is 5.26. The zero-order valence-corrected chi connectivity index (χ0v) is 13.4. The van der Waals surface area contributed by atoms with Crippen LogP contribution in [0.3, 0.4) is 0 Å². The van der Waals surface area contributed by atoms with Crippen molar-refractivity contribution < 1.29 is 28.0 Å². The lowest BCUT2D eigenvalue weighted by atomic mass is 10.0. The van der Waals surface area contributed by atoms with Crippen LogP contribution in [-0.2, 0) is 24.4 Å². The summed E-state index contributed by atoms with van der Waals surface area (Å²) in [7, 11) is -3.74. The Morgan fingerprint density at radius 2 is 1.96 bits per heavy atom. The fourth-order valence-electron chi connectivity index (χ4n) is 2.34. The van der Waals surface area contributed by atoms with Crippen LogP contribution in [0.1, 0.15) is 19.8 Å². The topological polar surface area (TPSA) is 113 Å². The number of benzene rings is 1. The summed E-state index contributed by atoms with van der Waals surface area (Å²) in [5.41, 5.74) is 2.82. The normalized spacial score (nSPS) is 19.1. The Morgan fingerprint density at radius 1 is 1.30 bits per heavy atom. The molecule has 1 atom stereocenters. The van der Waals surface area contributed by atoms with Gasteiger partial charge >= 0.3 is 11.9 Å². The molecule has 2 N–H and O–H groups in total. The highest BCUT2D eigenvalue weighted by Crippen LogP contribution is 2.24. The largest absolute Gasteiger partial charge is 0.481 e. The van der Waals surface area contributed by atoms with E-state index in [0.717, 1.165) is 0 Å². The number of carboxylic acid groups (broad SMARTS) is 1. The Kier molecular flexibility index (Phi) is 5.22. The number of nitrogens with one attached hydrogen (secondary N) is 1. The average Bonchev–Trinajstić information content (AvgIpc) is 2.53. The molecule has 0 saturated carbocycles. The molecule has 9 heteroatoms. The summed E-state index contributed by atoms with van der Waals surface area (Å²) >= 11 is 0. The van der Waals surface area contributed by atoms with Crippen LogP contribution in [0.2, 0.25) is 0 Å². The van der Waals surface area contributed by atoms with E-state index in [4.69, 9.17) is 5.11 Å². The zero-order chi connectivity index (χ0) is 17.0. The number of anilines is 1. The van der Waals surface area contributed by atoms with E-state index in [1.807, 2.05) is 0 Å². The molecule has 23 heavy (non-hydrogen) atoms. The molecule has 1 aromatic rings. The Morgan fingerprint density at radius 3 is 2.52 bits per heavy atom. The molecule has 1 heterocycles. The maximum absolute atomic E-state index is 12.6. The second-order valence-corrected chi connectivity index (χ2v) is 7.20. The van der Waals surface area contributed by atoms with Crippen LogP contribution in [0.25, 0.3) is 0 Å². The molecule has 2 rings (SSSR count). The summed E-state index contributed by atoms with van der Waals surface area (Å²) in [6.07, 6.45) is 0.995. The first-order chi connectivity index (χ1) is 10.8. The molecule has 0 bridgehead atoms. The van der Waals surface area contributed by atoms with Gasteiger partial charge in [0.2, 0.25) is 10.0 Å². The maximum atomic E-state index is 12.6. The fraction of sp³-hybridized carbons (Fsp3) is 0.429. The van der Waals surface area contributed by atoms with Gasteiger partial charge in [-0.15, -0.1) is 0 Å². The van der Waals surface area contributed by atoms with Gasteiger partial charge in [0.1, 0.15) is 0 Å². The van der Waals surface area contributed by atoms with Crippen LogP contribution in [0, 0.1) is 5.92 Å². The van der Waals surface area contributed by atoms with E-state index in [1.165, 1.54) is 35.5 Å². The summed E-state index contributed by atoms with van der Waals surface area (Å²) in [6, 6.07) is 5.69. The standard InChI is InChI=1S/C14H18N2O6S/c1-10(17)22-15-12-4-6-13(7-5-12)23(20,21)16-8-2-3-11(9-16)14(18)19/h4-7,11,15H,2-3,8-9H2,1H3,(H,18,19)/t11-/m0/s1. The van der Waals surface area contributed by atoms with E-state index in [0.29, 0.717) is 25.1 Å². The van der Waals surface area contributed by atoms with Crippen molar-refractivity contribution in [3.63, 3.8) is 0 Å². The van der Waals surface area contributed by atoms with Gasteiger partial charge in [0.05, 0.1) is 16.5 Å². The molecule has 0 aromatic heterocycles. The Bertz CT molecular complexity index is 686. The van der Waals surface area contributed by atoms with Gasteiger partial charge in [0, 0.05) is 20.0 Å². The SMILES string of the molecule is CC(=O)ONc1ccc(S(=O)(=O)N2CCC[C@H](C(=O)O)C2)cc1. The van der Waals surface area contributed by atoms with Crippen molar-refractivity contribution in [2.24, 2.45) is 5.92 Å². The Labute approximate surface area is 134 Å². The number of piperidine rings is 1. The third-order valence-corrected chi connectivity index (χ3v) is 5.42. The van der Waals surface area contributed by atoms with E-state index in [-0.39, 0.29) is 11.4 Å². The minimum atomic E-state index is -3.74. The van der Waals surface area contributed by atoms with Gasteiger partial charge in [-0.25, -0.2) is 13.9 Å². The molecule has 1 aliphatic heterocycles. The second kappa shape index (κ2) is 6.97. The van der Waals surface area contributed by atoms with Crippen LogP contribution in [0.15, 0.2) is 29.2 Å². The summed E-state index contributed by atoms with van der Waals surface area (Å²) < 4.78 is 26.3. The van der Waals surface area contributed by atoms with Crippen molar-refractivity contribution in [2.45, 2.75) is 24.7 Å². The molecular weight excluding hydrogens is 324 g/mol. The molecular formula is C14H18N2O6S. The third-order valence-electron chi connectivity index (χ3n) is 3.54. The van der Waals surface area contributed by atoms with Crippen molar-refractivity contribution in [1.82, 2.24) is 4.31 Å². The van der Waals surface area contributed by atoms with E-state index >= 15 is 0 Å².